The van der Waals surface area contributed by atoms with Crippen LogP contribution >= 0.6 is 0 Å². The summed E-state index contributed by atoms with van der Waals surface area (Å²) in [6.45, 7) is 3.36. The van der Waals surface area contributed by atoms with Gasteiger partial charge in [-0.3, -0.25) is 9.59 Å². The molecule has 0 aliphatic carbocycles. The van der Waals surface area contributed by atoms with Crippen molar-refractivity contribution >= 4 is 17.6 Å². The molecule has 2 aromatic heterocycles. The molecule has 144 valence electrons. The van der Waals surface area contributed by atoms with Gasteiger partial charge in [-0.25, -0.2) is 9.31 Å². The van der Waals surface area contributed by atoms with Crippen molar-refractivity contribution in [2.24, 2.45) is 0 Å². The summed E-state index contributed by atoms with van der Waals surface area (Å²) in [5, 5.41) is 10.4. The molecule has 2 aromatic rings. The predicted molar refractivity (Wildman–Crippen MR) is 95.9 cm³/mol. The number of nitrogens with zero attached hydrogens (tertiary/aromatic N) is 3. The van der Waals surface area contributed by atoms with Crippen molar-refractivity contribution < 1.29 is 14.3 Å². The lowest BCUT2D eigenvalue weighted by Gasteiger charge is -2.23. The number of aromatic amines is 1. The standard InChI is InChI=1S/C17H22N6O4/c24-14-9-13(11-1-3-18-4-2-11)23-15(21-14)12(10-20-23)16(25)19-5-6-22-7-8-27-17(22)26/h9-11,18H,1-8H2,(H,19,25)(H,21,24). The number of amides is 2. The number of rotatable bonds is 5. The number of carbonyl (C=O) groups is 2. The fourth-order valence-electron chi connectivity index (χ4n) is 3.62. The van der Waals surface area contributed by atoms with Gasteiger partial charge in [0.1, 0.15) is 17.8 Å². The van der Waals surface area contributed by atoms with Crippen LogP contribution in [0.2, 0.25) is 0 Å². The Balaban J connectivity index is 1.51. The van der Waals surface area contributed by atoms with Gasteiger partial charge in [0.05, 0.1) is 18.4 Å². The van der Waals surface area contributed by atoms with Crippen molar-refractivity contribution in [2.75, 3.05) is 39.3 Å². The van der Waals surface area contributed by atoms with Crippen molar-refractivity contribution in [3.63, 3.8) is 0 Å². The number of hydrogen-bond donors (Lipinski definition) is 3. The fraction of sp³-hybridized carbons (Fsp3) is 0.529. The lowest BCUT2D eigenvalue weighted by Crippen LogP contribution is -2.35. The Morgan fingerprint density at radius 2 is 2.15 bits per heavy atom. The summed E-state index contributed by atoms with van der Waals surface area (Å²) in [6.07, 6.45) is 2.95. The average Bonchev–Trinajstić information content (AvgIpc) is 3.28. The number of nitrogens with one attached hydrogen (secondary N) is 3. The lowest BCUT2D eigenvalue weighted by atomic mass is 9.94. The van der Waals surface area contributed by atoms with E-state index in [0.29, 0.717) is 37.5 Å². The summed E-state index contributed by atoms with van der Waals surface area (Å²) >= 11 is 0. The summed E-state index contributed by atoms with van der Waals surface area (Å²) in [4.78, 5) is 40.4. The van der Waals surface area contributed by atoms with Gasteiger partial charge in [0.25, 0.3) is 11.5 Å². The predicted octanol–water partition coefficient (Wildman–Crippen LogP) is -0.328. The molecular weight excluding hydrogens is 352 g/mol. The van der Waals surface area contributed by atoms with Gasteiger partial charge in [-0.15, -0.1) is 0 Å². The average molecular weight is 374 g/mol. The fourth-order valence-corrected chi connectivity index (χ4v) is 3.62. The van der Waals surface area contributed by atoms with Crippen LogP contribution in [0.5, 0.6) is 0 Å². The Morgan fingerprint density at radius 1 is 1.33 bits per heavy atom. The molecule has 2 fully saturated rings. The van der Waals surface area contributed by atoms with E-state index in [9.17, 15) is 14.4 Å². The van der Waals surface area contributed by atoms with Gasteiger partial charge >= 0.3 is 6.09 Å². The number of piperidine rings is 1. The maximum atomic E-state index is 12.5. The first-order valence-electron chi connectivity index (χ1n) is 9.15. The van der Waals surface area contributed by atoms with E-state index in [0.717, 1.165) is 31.6 Å². The molecule has 2 aliphatic rings. The molecule has 2 saturated heterocycles. The van der Waals surface area contributed by atoms with Crippen LogP contribution in [0.1, 0.15) is 34.8 Å². The van der Waals surface area contributed by atoms with Crippen LogP contribution in [0, 0.1) is 0 Å². The molecule has 0 atom stereocenters. The molecule has 3 N–H and O–H groups in total. The largest absolute Gasteiger partial charge is 0.448 e. The minimum Gasteiger partial charge on any atom is -0.448 e. The minimum absolute atomic E-state index is 0.230. The Bertz CT molecular complexity index is 914. The van der Waals surface area contributed by atoms with E-state index < -0.39 is 0 Å². The molecule has 10 nitrogen and oxygen atoms in total. The van der Waals surface area contributed by atoms with Gasteiger partial charge < -0.3 is 25.3 Å². The zero-order valence-electron chi connectivity index (χ0n) is 14.9. The van der Waals surface area contributed by atoms with Crippen LogP contribution in [-0.4, -0.2) is 70.8 Å². The number of cyclic esters (lactones) is 1. The smallest absolute Gasteiger partial charge is 0.409 e. The van der Waals surface area contributed by atoms with Crippen LogP contribution in [0.4, 0.5) is 4.79 Å². The van der Waals surface area contributed by atoms with Gasteiger partial charge in [0, 0.05) is 25.1 Å². The highest BCUT2D eigenvalue weighted by atomic mass is 16.6. The summed E-state index contributed by atoms with van der Waals surface area (Å²) in [5.41, 5.74) is 1.29. The lowest BCUT2D eigenvalue weighted by molar-refractivity contribution is 0.0950. The summed E-state index contributed by atoms with van der Waals surface area (Å²) in [7, 11) is 0. The number of ether oxygens (including phenoxy) is 1. The molecule has 0 aromatic carbocycles. The third-order valence-corrected chi connectivity index (χ3v) is 5.05. The van der Waals surface area contributed by atoms with E-state index in [-0.39, 0.29) is 23.5 Å². The molecular formula is C17H22N6O4. The van der Waals surface area contributed by atoms with E-state index in [1.165, 1.54) is 11.1 Å². The number of hydrogen-bond acceptors (Lipinski definition) is 6. The Labute approximate surface area is 154 Å². The molecule has 4 heterocycles. The van der Waals surface area contributed by atoms with Gasteiger partial charge in [-0.05, 0) is 25.9 Å². The maximum absolute atomic E-state index is 12.5. The molecule has 4 rings (SSSR count). The van der Waals surface area contributed by atoms with E-state index in [4.69, 9.17) is 4.74 Å². The third kappa shape index (κ3) is 3.52. The van der Waals surface area contributed by atoms with Gasteiger partial charge in [0.2, 0.25) is 0 Å². The summed E-state index contributed by atoms with van der Waals surface area (Å²) in [6, 6.07) is 1.57. The van der Waals surface area contributed by atoms with Crippen molar-refractivity contribution in [3.8, 4) is 0 Å². The Kier molecular flexibility index (Phi) is 4.80. The molecule has 0 saturated carbocycles. The van der Waals surface area contributed by atoms with Crippen LogP contribution in [0.15, 0.2) is 17.1 Å². The van der Waals surface area contributed by atoms with Crippen molar-refractivity contribution in [3.05, 3.63) is 33.9 Å². The maximum Gasteiger partial charge on any atom is 0.409 e. The molecule has 2 amide bonds. The third-order valence-electron chi connectivity index (χ3n) is 5.05. The minimum atomic E-state index is -0.365. The topological polar surface area (TPSA) is 121 Å². The number of fused-ring (bicyclic) bond motifs is 1. The van der Waals surface area contributed by atoms with E-state index in [1.807, 2.05) is 0 Å². The second kappa shape index (κ2) is 7.39. The quantitative estimate of drug-likeness (QED) is 0.659. The van der Waals surface area contributed by atoms with Crippen LogP contribution in [-0.2, 0) is 4.74 Å². The molecule has 27 heavy (non-hydrogen) atoms. The molecule has 2 aliphatic heterocycles. The van der Waals surface area contributed by atoms with E-state index in [2.05, 4.69) is 20.7 Å². The zero-order valence-corrected chi connectivity index (χ0v) is 14.9. The first kappa shape index (κ1) is 17.5. The van der Waals surface area contributed by atoms with Gasteiger partial charge in [-0.1, -0.05) is 0 Å². The highest BCUT2D eigenvalue weighted by Crippen LogP contribution is 2.24. The van der Waals surface area contributed by atoms with E-state index in [1.54, 1.807) is 10.6 Å². The normalized spacial score (nSPS) is 18.1. The number of H-pyrrole nitrogens is 1. The summed E-state index contributed by atoms with van der Waals surface area (Å²) < 4.78 is 6.51. The van der Waals surface area contributed by atoms with E-state index >= 15 is 0 Å². The summed E-state index contributed by atoms with van der Waals surface area (Å²) in [5.74, 6) is -0.108. The second-order valence-electron chi connectivity index (χ2n) is 6.76. The van der Waals surface area contributed by atoms with Crippen LogP contribution in [0.25, 0.3) is 5.65 Å². The number of aromatic nitrogens is 3. The molecule has 0 radical (unpaired) electrons. The SMILES string of the molecule is O=C(NCCN1CCOC1=O)c1cnn2c(C3CCNCC3)cc(=O)[nH]c12. The molecule has 0 spiro atoms. The van der Waals surface area contributed by atoms with Crippen LogP contribution in [0.3, 0.4) is 0 Å². The first-order valence-corrected chi connectivity index (χ1v) is 9.15. The Hall–Kier alpha value is -2.88. The molecule has 0 bridgehead atoms. The van der Waals surface area contributed by atoms with Crippen molar-refractivity contribution in [1.29, 1.82) is 0 Å². The highest BCUT2D eigenvalue weighted by molar-refractivity contribution is 5.99. The van der Waals surface area contributed by atoms with Crippen LogP contribution < -0.4 is 16.2 Å². The molecule has 0 unspecified atom stereocenters. The van der Waals surface area contributed by atoms with Gasteiger partial charge in [-0.2, -0.15) is 5.10 Å². The Morgan fingerprint density at radius 3 is 2.89 bits per heavy atom. The van der Waals surface area contributed by atoms with Crippen molar-refractivity contribution in [1.82, 2.24) is 30.1 Å². The first-order chi connectivity index (χ1) is 13.1. The zero-order chi connectivity index (χ0) is 18.8. The second-order valence-corrected chi connectivity index (χ2v) is 6.76. The monoisotopic (exact) mass is 374 g/mol. The van der Waals surface area contributed by atoms with Crippen molar-refractivity contribution in [2.45, 2.75) is 18.8 Å². The van der Waals surface area contributed by atoms with Gasteiger partial charge in [0.15, 0.2) is 0 Å². The number of carbonyl (C=O) groups excluding carboxylic acids is 2. The molecule has 10 heteroatoms. The highest BCUT2D eigenvalue weighted by Gasteiger charge is 2.23.